The summed E-state index contributed by atoms with van der Waals surface area (Å²) in [6.45, 7) is 4.61. The number of carbonyl (C=O) groups is 1. The standard InChI is InChI=1S/C26H38N2O6S/c29-25(26-21-33-24(20-34-26)19-23-5-2-1-3-6-23)8-7-22-9-12-27(13-10-22)11-4-18-35(30,31)28-14-16-32-17-15-28/h1-2,5,20-22H,3-4,6-19H2. The zero-order chi connectivity index (χ0) is 24.5. The third-order valence-electron chi connectivity index (χ3n) is 7.14. The van der Waals surface area contributed by atoms with E-state index in [0.717, 1.165) is 57.5 Å². The Morgan fingerprint density at radius 3 is 2.54 bits per heavy atom. The van der Waals surface area contributed by atoms with Gasteiger partial charge < -0.3 is 19.1 Å². The molecule has 2 fully saturated rings. The maximum absolute atomic E-state index is 12.6. The first-order valence-corrected chi connectivity index (χ1v) is 14.5. The van der Waals surface area contributed by atoms with E-state index in [1.54, 1.807) is 10.6 Å². The normalized spacial score (nSPS) is 22.6. The molecular formula is C26H38N2O6S. The molecule has 8 nitrogen and oxygen atoms in total. The van der Waals surface area contributed by atoms with Crippen LogP contribution in [0.15, 0.2) is 47.8 Å². The summed E-state index contributed by atoms with van der Waals surface area (Å²) in [6, 6.07) is 0. The third-order valence-corrected chi connectivity index (χ3v) is 9.09. The van der Waals surface area contributed by atoms with Crippen LogP contribution in [0.4, 0.5) is 0 Å². The molecule has 0 aromatic carbocycles. The van der Waals surface area contributed by atoms with Gasteiger partial charge in [0.05, 0.1) is 19.0 Å². The van der Waals surface area contributed by atoms with E-state index in [-0.39, 0.29) is 17.3 Å². The molecule has 3 heterocycles. The highest BCUT2D eigenvalue weighted by molar-refractivity contribution is 7.89. The van der Waals surface area contributed by atoms with Crippen molar-refractivity contribution in [1.82, 2.24) is 9.21 Å². The minimum absolute atomic E-state index is 0.0177. The zero-order valence-electron chi connectivity index (χ0n) is 20.5. The number of nitrogens with zero attached hydrogens (tertiary/aromatic N) is 2. The molecule has 0 atom stereocenters. The second-order valence-corrected chi connectivity index (χ2v) is 11.8. The van der Waals surface area contributed by atoms with Gasteiger partial charge >= 0.3 is 0 Å². The molecule has 0 saturated carbocycles. The summed E-state index contributed by atoms with van der Waals surface area (Å²) >= 11 is 0. The summed E-state index contributed by atoms with van der Waals surface area (Å²) in [7, 11) is -3.18. The Morgan fingerprint density at radius 1 is 1.06 bits per heavy atom. The van der Waals surface area contributed by atoms with Crippen molar-refractivity contribution in [3.05, 3.63) is 47.8 Å². The summed E-state index contributed by atoms with van der Waals surface area (Å²) in [6.07, 6.45) is 16.1. The molecule has 0 aromatic rings. The number of allylic oxidation sites excluding steroid dienone is 5. The molecule has 2 saturated heterocycles. The molecule has 0 aromatic heterocycles. The number of sulfonamides is 1. The van der Waals surface area contributed by atoms with Crippen LogP contribution in [0.25, 0.3) is 0 Å². The highest BCUT2D eigenvalue weighted by Crippen LogP contribution is 2.26. The number of ether oxygens (including phenoxy) is 3. The van der Waals surface area contributed by atoms with Crippen LogP contribution in [0.3, 0.4) is 0 Å². The van der Waals surface area contributed by atoms with Crippen molar-refractivity contribution in [3.63, 3.8) is 0 Å². The Bertz CT molecular complexity index is 954. The first-order chi connectivity index (χ1) is 17.0. The average molecular weight is 507 g/mol. The van der Waals surface area contributed by atoms with Crippen LogP contribution in [0, 0.1) is 5.92 Å². The van der Waals surface area contributed by atoms with E-state index in [0.29, 0.717) is 51.5 Å². The van der Waals surface area contributed by atoms with Gasteiger partial charge in [-0.2, -0.15) is 4.31 Å². The number of piperidine rings is 1. The molecule has 0 amide bonds. The first-order valence-electron chi connectivity index (χ1n) is 12.9. The van der Waals surface area contributed by atoms with E-state index in [9.17, 15) is 13.2 Å². The van der Waals surface area contributed by atoms with Gasteiger partial charge in [0.25, 0.3) is 0 Å². The van der Waals surface area contributed by atoms with Crippen molar-refractivity contribution in [2.75, 3.05) is 51.7 Å². The second-order valence-electron chi connectivity index (χ2n) is 9.70. The molecule has 4 rings (SSSR count). The van der Waals surface area contributed by atoms with Gasteiger partial charge in [0.2, 0.25) is 21.6 Å². The lowest BCUT2D eigenvalue weighted by molar-refractivity contribution is -0.118. The molecule has 1 aliphatic carbocycles. The molecule has 194 valence electrons. The Kier molecular flexibility index (Phi) is 9.59. The summed E-state index contributed by atoms with van der Waals surface area (Å²) in [4.78, 5) is 14.9. The van der Waals surface area contributed by atoms with Crippen LogP contribution in [0.1, 0.15) is 51.4 Å². The maximum Gasteiger partial charge on any atom is 0.214 e. The van der Waals surface area contributed by atoms with Crippen LogP contribution in [-0.2, 0) is 29.0 Å². The van der Waals surface area contributed by atoms with Crippen molar-refractivity contribution < 1.29 is 27.4 Å². The van der Waals surface area contributed by atoms with E-state index in [1.165, 1.54) is 11.8 Å². The monoisotopic (exact) mass is 506 g/mol. The predicted molar refractivity (Wildman–Crippen MR) is 134 cm³/mol. The van der Waals surface area contributed by atoms with Crippen molar-refractivity contribution in [1.29, 1.82) is 0 Å². The fourth-order valence-corrected chi connectivity index (χ4v) is 6.39. The number of carbonyl (C=O) groups excluding carboxylic acids is 1. The van der Waals surface area contributed by atoms with Crippen LogP contribution < -0.4 is 0 Å². The summed E-state index contributed by atoms with van der Waals surface area (Å²) in [5, 5.41) is 0. The molecule has 35 heavy (non-hydrogen) atoms. The third kappa shape index (κ3) is 8.03. The molecule has 0 bridgehead atoms. The van der Waals surface area contributed by atoms with Crippen LogP contribution in [0.2, 0.25) is 0 Å². The Hall–Kier alpha value is -1.94. The predicted octanol–water partition coefficient (Wildman–Crippen LogP) is 3.50. The summed E-state index contributed by atoms with van der Waals surface area (Å²) < 4.78 is 42.9. The Labute approximate surface area is 209 Å². The number of morpholine rings is 1. The van der Waals surface area contributed by atoms with Crippen molar-refractivity contribution in [2.24, 2.45) is 5.92 Å². The average Bonchev–Trinajstić information content (AvgIpc) is 2.89. The molecule has 9 heteroatoms. The van der Waals surface area contributed by atoms with Crippen LogP contribution >= 0.6 is 0 Å². The van der Waals surface area contributed by atoms with Gasteiger partial charge in [0.15, 0.2) is 0 Å². The lowest BCUT2D eigenvalue weighted by atomic mass is 9.91. The number of likely N-dealkylation sites (tertiary alicyclic amines) is 1. The minimum atomic E-state index is -3.18. The van der Waals surface area contributed by atoms with Gasteiger partial charge in [0.1, 0.15) is 18.3 Å². The smallest absolute Gasteiger partial charge is 0.214 e. The number of hydrogen-bond acceptors (Lipinski definition) is 7. The maximum atomic E-state index is 12.6. The fraction of sp³-hybridized carbons (Fsp3) is 0.654. The second kappa shape index (κ2) is 12.9. The molecule has 3 aliphatic heterocycles. The van der Waals surface area contributed by atoms with Crippen LogP contribution in [0.5, 0.6) is 0 Å². The van der Waals surface area contributed by atoms with Crippen molar-refractivity contribution in [3.8, 4) is 0 Å². The minimum Gasteiger partial charge on any atom is -0.462 e. The highest BCUT2D eigenvalue weighted by atomic mass is 32.2. The van der Waals surface area contributed by atoms with Gasteiger partial charge in [-0.1, -0.05) is 23.8 Å². The number of ketones is 1. The van der Waals surface area contributed by atoms with E-state index in [1.807, 2.05) is 0 Å². The van der Waals surface area contributed by atoms with Gasteiger partial charge in [0, 0.05) is 25.9 Å². The topological polar surface area (TPSA) is 85.4 Å². The molecule has 4 aliphatic rings. The van der Waals surface area contributed by atoms with Crippen molar-refractivity contribution >= 4 is 15.8 Å². The lowest BCUT2D eigenvalue weighted by Gasteiger charge is -2.32. The Morgan fingerprint density at radius 2 is 1.86 bits per heavy atom. The van der Waals surface area contributed by atoms with Gasteiger partial charge in [-0.05, 0) is 64.1 Å². The molecule has 0 unspecified atom stereocenters. The lowest BCUT2D eigenvalue weighted by Crippen LogP contribution is -2.42. The first kappa shape index (κ1) is 26.1. The quantitative estimate of drug-likeness (QED) is 0.424. The fourth-order valence-electron chi connectivity index (χ4n) is 4.93. The molecular weight excluding hydrogens is 468 g/mol. The molecule has 0 radical (unpaired) electrons. The summed E-state index contributed by atoms with van der Waals surface area (Å²) in [5.41, 5.74) is 1.30. The number of hydrogen-bond donors (Lipinski definition) is 0. The summed E-state index contributed by atoms with van der Waals surface area (Å²) in [5.74, 6) is 1.70. The van der Waals surface area contributed by atoms with Gasteiger partial charge in [-0.25, -0.2) is 8.42 Å². The van der Waals surface area contributed by atoms with E-state index in [4.69, 9.17) is 14.2 Å². The van der Waals surface area contributed by atoms with Crippen LogP contribution in [-0.4, -0.2) is 75.1 Å². The van der Waals surface area contributed by atoms with Crippen molar-refractivity contribution in [2.45, 2.75) is 51.4 Å². The number of Topliss-reactive ketones (excluding diaryl/α,β-unsaturated/α-hetero) is 1. The largest absolute Gasteiger partial charge is 0.462 e. The molecule has 0 N–H and O–H groups in total. The number of rotatable bonds is 11. The van der Waals surface area contributed by atoms with E-state index < -0.39 is 10.0 Å². The van der Waals surface area contributed by atoms with E-state index >= 15 is 0 Å². The SMILES string of the molecule is O=C(CCC1CCN(CCCS(=O)(=O)N2CCOCC2)CC1)C1=COC(CC2=CC=CCC2)=CO1. The highest BCUT2D eigenvalue weighted by Gasteiger charge is 2.25. The van der Waals surface area contributed by atoms with Gasteiger partial charge in [-0.15, -0.1) is 0 Å². The van der Waals surface area contributed by atoms with E-state index in [2.05, 4.69) is 23.1 Å². The Balaban J connectivity index is 1.09. The zero-order valence-corrected chi connectivity index (χ0v) is 21.3. The molecule has 0 spiro atoms. The van der Waals surface area contributed by atoms with Gasteiger partial charge in [-0.3, -0.25) is 4.79 Å².